The van der Waals surface area contributed by atoms with E-state index in [0.717, 1.165) is 11.3 Å². The summed E-state index contributed by atoms with van der Waals surface area (Å²) < 4.78 is 27.6. The fourth-order valence-corrected chi connectivity index (χ4v) is 2.99. The van der Waals surface area contributed by atoms with Crippen LogP contribution in [0.25, 0.3) is 0 Å². The van der Waals surface area contributed by atoms with Crippen LogP contribution in [0.2, 0.25) is 0 Å². The van der Waals surface area contributed by atoms with Crippen LogP contribution in [-0.4, -0.2) is 15.0 Å². The van der Waals surface area contributed by atoms with Crippen LogP contribution in [0.3, 0.4) is 0 Å². The van der Waals surface area contributed by atoms with Gasteiger partial charge in [-0.2, -0.15) is 0 Å². The molecular weight excluding hydrogens is 190 g/mol. The summed E-state index contributed by atoms with van der Waals surface area (Å²) in [4.78, 5) is 0. The molecule has 0 fully saturated rings. The summed E-state index contributed by atoms with van der Waals surface area (Å²) in [6.07, 6.45) is 0.674. The zero-order valence-corrected chi connectivity index (χ0v) is 7.93. The lowest BCUT2D eigenvalue weighted by Crippen LogP contribution is -2.02. The Labute approximate surface area is 76.6 Å². The van der Waals surface area contributed by atoms with E-state index in [2.05, 4.69) is 0 Å². The van der Waals surface area contributed by atoms with E-state index in [1.807, 2.05) is 0 Å². The lowest BCUT2D eigenvalue weighted by molar-refractivity contribution is 0.478. The van der Waals surface area contributed by atoms with Gasteiger partial charge in [-0.15, -0.1) is 0 Å². The summed E-state index contributed by atoms with van der Waals surface area (Å²) in [5.41, 5.74) is 6.16. The first-order valence-corrected chi connectivity index (χ1v) is 5.94. The molecule has 0 saturated heterocycles. The van der Waals surface area contributed by atoms with Gasteiger partial charge in [-0.1, -0.05) is 0 Å². The van der Waals surface area contributed by atoms with Crippen LogP contribution in [0.5, 0.6) is 0 Å². The number of rotatable bonds is 2. The topological polar surface area (TPSA) is 73.3 Å². The minimum atomic E-state index is -2.92. The fourth-order valence-electron chi connectivity index (χ4n) is 1.53. The molecule has 2 N–H and O–H groups in total. The lowest BCUT2D eigenvalue weighted by Gasteiger charge is -1.92. The summed E-state index contributed by atoms with van der Waals surface area (Å²) in [5, 5.41) is 0. The fraction of sp³-hybridized carbons (Fsp3) is 0.500. The van der Waals surface area contributed by atoms with Crippen molar-refractivity contribution in [1.82, 2.24) is 0 Å². The van der Waals surface area contributed by atoms with Gasteiger partial charge in [0.15, 0.2) is 9.84 Å². The summed E-state index contributed by atoms with van der Waals surface area (Å²) >= 11 is 0. The molecule has 0 aromatic carbocycles. The third kappa shape index (κ3) is 1.62. The molecular formula is C8H11NO3S. The second-order valence-corrected chi connectivity index (χ2v) is 5.30. The average molecular weight is 201 g/mol. The predicted molar refractivity (Wildman–Crippen MR) is 47.8 cm³/mol. The first-order chi connectivity index (χ1) is 6.11. The smallest absolute Gasteiger partial charge is 0.161 e. The largest absolute Gasteiger partial charge is 0.465 e. The zero-order valence-electron chi connectivity index (χ0n) is 7.12. The normalized spacial score (nSPS) is 18.8. The minimum absolute atomic E-state index is 0.0485. The second kappa shape index (κ2) is 2.85. The molecule has 0 unspecified atom stereocenters. The summed E-state index contributed by atoms with van der Waals surface area (Å²) in [6.45, 7) is 0.527. The van der Waals surface area contributed by atoms with Gasteiger partial charge in [0, 0.05) is 12.0 Å². The number of nitrogens with two attached hydrogens (primary N) is 1. The first-order valence-electron chi connectivity index (χ1n) is 4.12. The van der Waals surface area contributed by atoms with Crippen LogP contribution in [-0.2, 0) is 27.8 Å². The van der Waals surface area contributed by atoms with Crippen molar-refractivity contribution < 1.29 is 12.8 Å². The van der Waals surface area contributed by atoms with Gasteiger partial charge in [0.1, 0.15) is 17.3 Å². The molecule has 1 aliphatic rings. The molecule has 5 heteroatoms. The molecule has 0 radical (unpaired) electrons. The van der Waals surface area contributed by atoms with E-state index in [0.29, 0.717) is 18.7 Å². The van der Waals surface area contributed by atoms with E-state index in [1.165, 1.54) is 0 Å². The Hall–Kier alpha value is -0.810. The number of sulfone groups is 1. The van der Waals surface area contributed by atoms with Crippen LogP contribution >= 0.6 is 0 Å². The van der Waals surface area contributed by atoms with E-state index >= 15 is 0 Å². The predicted octanol–water partition coefficient (Wildman–Crippen LogP) is 0.209. The third-order valence-corrected chi connectivity index (χ3v) is 3.52. The lowest BCUT2D eigenvalue weighted by atomic mass is 10.2. The highest BCUT2D eigenvalue weighted by Crippen LogP contribution is 2.28. The van der Waals surface area contributed by atoms with Gasteiger partial charge < -0.3 is 10.2 Å². The van der Waals surface area contributed by atoms with Crippen LogP contribution < -0.4 is 5.73 Å². The summed E-state index contributed by atoms with van der Waals surface area (Å²) in [5.74, 6) is 1.56. The van der Waals surface area contributed by atoms with Crippen molar-refractivity contribution in [2.24, 2.45) is 5.73 Å². The van der Waals surface area contributed by atoms with Crippen molar-refractivity contribution in [2.45, 2.75) is 17.9 Å². The van der Waals surface area contributed by atoms with Gasteiger partial charge in [0.25, 0.3) is 0 Å². The summed E-state index contributed by atoms with van der Waals surface area (Å²) in [7, 11) is -2.92. The van der Waals surface area contributed by atoms with Gasteiger partial charge in [-0.25, -0.2) is 8.42 Å². The van der Waals surface area contributed by atoms with Crippen LogP contribution in [0.4, 0.5) is 0 Å². The maximum Gasteiger partial charge on any atom is 0.161 e. The highest BCUT2D eigenvalue weighted by molar-refractivity contribution is 7.90. The van der Waals surface area contributed by atoms with Crippen molar-refractivity contribution in [3.05, 3.63) is 23.2 Å². The van der Waals surface area contributed by atoms with Crippen molar-refractivity contribution in [1.29, 1.82) is 0 Å². The second-order valence-electron chi connectivity index (χ2n) is 3.23. The van der Waals surface area contributed by atoms with Gasteiger partial charge in [0.05, 0.1) is 5.75 Å². The van der Waals surface area contributed by atoms with Crippen molar-refractivity contribution >= 4 is 9.84 Å². The Morgan fingerprint density at radius 2 is 2.23 bits per heavy atom. The molecule has 13 heavy (non-hydrogen) atoms. The molecule has 72 valence electrons. The highest BCUT2D eigenvalue weighted by atomic mass is 32.2. The maximum absolute atomic E-state index is 11.1. The molecule has 0 atom stereocenters. The maximum atomic E-state index is 11.1. The Morgan fingerprint density at radius 1 is 1.46 bits per heavy atom. The Bertz CT molecular complexity index is 389. The van der Waals surface area contributed by atoms with Gasteiger partial charge in [0.2, 0.25) is 0 Å². The third-order valence-electron chi connectivity index (χ3n) is 2.06. The van der Waals surface area contributed by atoms with Crippen molar-refractivity contribution in [2.75, 3.05) is 6.54 Å². The average Bonchev–Trinajstić information content (AvgIpc) is 2.41. The quantitative estimate of drug-likeness (QED) is 0.742. The van der Waals surface area contributed by atoms with Gasteiger partial charge >= 0.3 is 0 Å². The molecule has 0 aliphatic carbocycles. The van der Waals surface area contributed by atoms with E-state index in [-0.39, 0.29) is 11.5 Å². The molecule has 0 saturated carbocycles. The Morgan fingerprint density at radius 3 is 2.85 bits per heavy atom. The molecule has 1 aliphatic heterocycles. The molecule has 2 heterocycles. The van der Waals surface area contributed by atoms with Crippen LogP contribution in [0, 0.1) is 0 Å². The van der Waals surface area contributed by atoms with Gasteiger partial charge in [-0.3, -0.25) is 0 Å². The molecule has 0 spiro atoms. The number of hydrogen-bond acceptors (Lipinski definition) is 4. The SMILES string of the molecule is NCCc1cc2c(o1)CS(=O)(=O)C2. The summed E-state index contributed by atoms with van der Waals surface area (Å²) in [6, 6.07) is 1.80. The molecule has 2 rings (SSSR count). The molecule has 0 bridgehead atoms. The highest BCUT2D eigenvalue weighted by Gasteiger charge is 2.28. The number of fused-ring (bicyclic) bond motifs is 1. The molecule has 4 nitrogen and oxygen atoms in total. The molecule has 1 aromatic rings. The van der Waals surface area contributed by atoms with E-state index < -0.39 is 9.84 Å². The monoisotopic (exact) mass is 201 g/mol. The minimum Gasteiger partial charge on any atom is -0.465 e. The van der Waals surface area contributed by atoms with Crippen LogP contribution in [0.15, 0.2) is 10.5 Å². The number of furan rings is 1. The standard InChI is InChI=1S/C8H11NO3S/c9-2-1-7-3-6-4-13(10,11)5-8(6)12-7/h3H,1-2,4-5,9H2. The number of hydrogen-bond donors (Lipinski definition) is 1. The Balaban J connectivity index is 2.28. The van der Waals surface area contributed by atoms with Gasteiger partial charge in [-0.05, 0) is 12.6 Å². The molecule has 0 amide bonds. The van der Waals surface area contributed by atoms with E-state index in [1.54, 1.807) is 6.07 Å². The van der Waals surface area contributed by atoms with E-state index in [4.69, 9.17) is 10.2 Å². The van der Waals surface area contributed by atoms with Crippen molar-refractivity contribution in [3.8, 4) is 0 Å². The zero-order chi connectivity index (χ0) is 9.47. The molecule has 1 aromatic heterocycles. The van der Waals surface area contributed by atoms with Crippen LogP contribution in [0.1, 0.15) is 17.1 Å². The Kier molecular flexibility index (Phi) is 1.92. The first kappa shape index (κ1) is 8.77. The van der Waals surface area contributed by atoms with E-state index in [9.17, 15) is 8.42 Å². The van der Waals surface area contributed by atoms with Crippen molar-refractivity contribution in [3.63, 3.8) is 0 Å².